The van der Waals surface area contributed by atoms with E-state index in [1.165, 1.54) is 6.42 Å². The molecule has 0 unspecified atom stereocenters. The van der Waals surface area contributed by atoms with Crippen molar-refractivity contribution in [2.45, 2.75) is 19.3 Å². The number of nitrogens with zero attached hydrogens (tertiary/aromatic N) is 5. The van der Waals surface area contributed by atoms with Crippen LogP contribution in [0.5, 0.6) is 0 Å². The van der Waals surface area contributed by atoms with Gasteiger partial charge in [0, 0.05) is 40.4 Å². The Hall–Kier alpha value is -1.97. The molecule has 1 aliphatic heterocycles. The van der Waals surface area contributed by atoms with Gasteiger partial charge in [0.1, 0.15) is 5.52 Å². The first-order valence-electron chi connectivity index (χ1n) is 9.09. The Bertz CT molecular complexity index is 816. The summed E-state index contributed by atoms with van der Waals surface area (Å²) in [5, 5.41) is 0.0544. The second-order valence-electron chi connectivity index (χ2n) is 6.42. The minimum Gasteiger partial charge on any atom is -0.383 e. The molecule has 1 fully saturated rings. The van der Waals surface area contributed by atoms with Gasteiger partial charge in [-0.3, -0.25) is 9.78 Å². The van der Waals surface area contributed by atoms with Gasteiger partial charge in [0.05, 0.1) is 13.2 Å². The standard InChI is InChI=1S/C17H25ClN6O3/c1-26-10-8-24(9-11-27-2)17-20-12-13(15(25)22-17)19-16(18)21-14(12)23-6-4-3-5-7-23/h3-11H2,1-2H3,(H,20,22,25). The van der Waals surface area contributed by atoms with Crippen LogP contribution in [-0.4, -0.2) is 73.5 Å². The molecule has 0 spiro atoms. The van der Waals surface area contributed by atoms with Crippen LogP contribution < -0.4 is 15.4 Å². The van der Waals surface area contributed by atoms with E-state index < -0.39 is 0 Å². The van der Waals surface area contributed by atoms with Crippen molar-refractivity contribution in [2.75, 3.05) is 63.4 Å². The number of methoxy groups -OCH3 is 2. The van der Waals surface area contributed by atoms with Crippen LogP contribution in [0.1, 0.15) is 19.3 Å². The van der Waals surface area contributed by atoms with Crippen molar-refractivity contribution in [3.8, 4) is 0 Å². The first-order valence-corrected chi connectivity index (χ1v) is 9.47. The number of hydrogen-bond donors (Lipinski definition) is 1. The molecular formula is C17H25ClN6O3. The fourth-order valence-corrected chi connectivity index (χ4v) is 3.34. The monoisotopic (exact) mass is 396 g/mol. The van der Waals surface area contributed by atoms with Crippen LogP contribution in [0.3, 0.4) is 0 Å². The molecule has 0 radical (unpaired) electrons. The van der Waals surface area contributed by atoms with Gasteiger partial charge in [-0.25, -0.2) is 9.97 Å². The summed E-state index contributed by atoms with van der Waals surface area (Å²) in [6.07, 6.45) is 3.34. The summed E-state index contributed by atoms with van der Waals surface area (Å²) in [7, 11) is 3.27. The number of piperidine rings is 1. The highest BCUT2D eigenvalue weighted by Gasteiger charge is 2.21. The number of anilines is 2. The summed E-state index contributed by atoms with van der Waals surface area (Å²) in [4.78, 5) is 32.7. The number of rotatable bonds is 8. The van der Waals surface area contributed by atoms with Crippen molar-refractivity contribution in [1.82, 2.24) is 19.9 Å². The second-order valence-corrected chi connectivity index (χ2v) is 6.76. The normalized spacial score (nSPS) is 14.7. The summed E-state index contributed by atoms with van der Waals surface area (Å²) < 4.78 is 10.3. The number of nitrogens with one attached hydrogen (secondary N) is 1. The molecule has 0 aliphatic carbocycles. The van der Waals surface area contributed by atoms with Gasteiger partial charge in [-0.2, -0.15) is 4.98 Å². The molecule has 3 rings (SSSR count). The molecule has 0 saturated carbocycles. The Morgan fingerprint density at radius 2 is 1.70 bits per heavy atom. The second kappa shape index (κ2) is 9.29. The van der Waals surface area contributed by atoms with E-state index in [0.29, 0.717) is 43.6 Å². The van der Waals surface area contributed by atoms with E-state index in [2.05, 4.69) is 19.9 Å². The lowest BCUT2D eigenvalue weighted by Crippen LogP contribution is -2.34. The van der Waals surface area contributed by atoms with Crippen molar-refractivity contribution in [1.29, 1.82) is 0 Å². The summed E-state index contributed by atoms with van der Waals surface area (Å²) in [6, 6.07) is 0. The predicted molar refractivity (Wildman–Crippen MR) is 105 cm³/mol. The van der Waals surface area contributed by atoms with Gasteiger partial charge in [-0.1, -0.05) is 0 Å². The summed E-state index contributed by atoms with van der Waals surface area (Å²) in [5.74, 6) is 1.07. The number of aromatic nitrogens is 4. The molecule has 0 bridgehead atoms. The maximum Gasteiger partial charge on any atom is 0.279 e. The summed E-state index contributed by atoms with van der Waals surface area (Å²) in [5.41, 5.74) is 0.343. The lowest BCUT2D eigenvalue weighted by molar-refractivity contribution is 0.189. The molecule has 0 aromatic carbocycles. The first kappa shape index (κ1) is 19.8. The lowest BCUT2D eigenvalue weighted by Gasteiger charge is -2.28. The number of fused-ring (bicyclic) bond motifs is 1. The number of ether oxygens (including phenoxy) is 2. The molecule has 1 N–H and O–H groups in total. The van der Waals surface area contributed by atoms with Crippen LogP contribution >= 0.6 is 11.6 Å². The van der Waals surface area contributed by atoms with Crippen LogP contribution in [0.2, 0.25) is 5.28 Å². The third-order valence-corrected chi connectivity index (χ3v) is 4.75. The molecule has 27 heavy (non-hydrogen) atoms. The van der Waals surface area contributed by atoms with E-state index in [1.807, 2.05) is 4.90 Å². The molecule has 1 aliphatic rings. The van der Waals surface area contributed by atoms with E-state index in [-0.39, 0.29) is 16.4 Å². The molecular weight excluding hydrogens is 372 g/mol. The van der Waals surface area contributed by atoms with Crippen molar-refractivity contribution in [3.05, 3.63) is 15.6 Å². The molecule has 148 valence electrons. The van der Waals surface area contributed by atoms with Gasteiger partial charge >= 0.3 is 0 Å². The fourth-order valence-electron chi connectivity index (χ4n) is 3.17. The Labute approximate surface area is 162 Å². The molecule has 0 amide bonds. The minimum absolute atomic E-state index is 0.0544. The summed E-state index contributed by atoms with van der Waals surface area (Å²) in [6.45, 7) is 3.87. The summed E-state index contributed by atoms with van der Waals surface area (Å²) >= 11 is 6.08. The highest BCUT2D eigenvalue weighted by molar-refractivity contribution is 6.28. The SMILES string of the molecule is COCCN(CCOC)c1nc2c(N3CCCCC3)nc(Cl)nc2c(=O)[nH]1. The topological polar surface area (TPSA) is 96.5 Å². The quantitative estimate of drug-likeness (QED) is 0.670. The van der Waals surface area contributed by atoms with Gasteiger partial charge in [-0.15, -0.1) is 0 Å². The van der Waals surface area contributed by atoms with Crippen LogP contribution in [-0.2, 0) is 9.47 Å². The zero-order valence-corrected chi connectivity index (χ0v) is 16.5. The average molecular weight is 397 g/mol. The van der Waals surface area contributed by atoms with Crippen LogP contribution in [0.25, 0.3) is 11.0 Å². The lowest BCUT2D eigenvalue weighted by atomic mass is 10.1. The zero-order chi connectivity index (χ0) is 19.2. The Kier molecular flexibility index (Phi) is 6.81. The van der Waals surface area contributed by atoms with Crippen LogP contribution in [0.15, 0.2) is 4.79 Å². The maximum absolute atomic E-state index is 12.7. The zero-order valence-electron chi connectivity index (χ0n) is 15.7. The average Bonchev–Trinajstić information content (AvgIpc) is 2.69. The number of H-pyrrole nitrogens is 1. The molecule has 1 saturated heterocycles. The number of hydrogen-bond acceptors (Lipinski definition) is 8. The van der Waals surface area contributed by atoms with E-state index in [0.717, 1.165) is 25.9 Å². The highest BCUT2D eigenvalue weighted by Crippen LogP contribution is 2.26. The van der Waals surface area contributed by atoms with Gasteiger partial charge in [0.15, 0.2) is 11.3 Å². The molecule has 9 nitrogen and oxygen atoms in total. The van der Waals surface area contributed by atoms with E-state index in [9.17, 15) is 4.79 Å². The largest absolute Gasteiger partial charge is 0.383 e. The first-order chi connectivity index (χ1) is 13.1. The molecule has 0 atom stereocenters. The molecule has 3 heterocycles. The van der Waals surface area contributed by atoms with Crippen LogP contribution in [0.4, 0.5) is 11.8 Å². The van der Waals surface area contributed by atoms with E-state index >= 15 is 0 Å². The maximum atomic E-state index is 12.7. The molecule has 2 aromatic rings. The van der Waals surface area contributed by atoms with E-state index in [1.54, 1.807) is 14.2 Å². The van der Waals surface area contributed by atoms with Crippen molar-refractivity contribution in [3.63, 3.8) is 0 Å². The van der Waals surface area contributed by atoms with E-state index in [4.69, 9.17) is 26.1 Å². The number of halogens is 1. The highest BCUT2D eigenvalue weighted by atomic mass is 35.5. The molecule has 10 heteroatoms. The smallest absolute Gasteiger partial charge is 0.279 e. The number of aromatic amines is 1. The third kappa shape index (κ3) is 4.66. The minimum atomic E-state index is -0.336. The Morgan fingerprint density at radius 1 is 1.04 bits per heavy atom. The Morgan fingerprint density at radius 3 is 2.33 bits per heavy atom. The van der Waals surface area contributed by atoms with Gasteiger partial charge in [-0.05, 0) is 30.9 Å². The van der Waals surface area contributed by atoms with Crippen molar-refractivity contribution < 1.29 is 9.47 Å². The Balaban J connectivity index is 2.06. The van der Waals surface area contributed by atoms with Gasteiger partial charge in [0.25, 0.3) is 5.56 Å². The van der Waals surface area contributed by atoms with Gasteiger partial charge in [0.2, 0.25) is 11.2 Å². The van der Waals surface area contributed by atoms with Crippen molar-refractivity contribution in [2.24, 2.45) is 0 Å². The van der Waals surface area contributed by atoms with Crippen molar-refractivity contribution >= 4 is 34.4 Å². The molecule has 2 aromatic heterocycles. The predicted octanol–water partition coefficient (Wildman–Crippen LogP) is 1.46. The van der Waals surface area contributed by atoms with Gasteiger partial charge < -0.3 is 19.3 Å². The third-order valence-electron chi connectivity index (χ3n) is 4.58. The fraction of sp³-hybridized carbons (Fsp3) is 0.647. The van der Waals surface area contributed by atoms with Crippen LogP contribution in [0, 0.1) is 0 Å².